The maximum atomic E-state index is 13.0. The van der Waals surface area contributed by atoms with E-state index < -0.39 is 0 Å². The van der Waals surface area contributed by atoms with Gasteiger partial charge in [0.2, 0.25) is 5.91 Å². The lowest BCUT2D eigenvalue weighted by atomic mass is 10.1. The van der Waals surface area contributed by atoms with E-state index in [1.165, 1.54) is 12.1 Å². The highest BCUT2D eigenvalue weighted by Gasteiger charge is 2.21. The molecule has 128 valence electrons. The second kappa shape index (κ2) is 7.48. The molecular formula is C16H21FN6O. The zero-order valence-electron chi connectivity index (χ0n) is 13.7. The molecule has 7 nitrogen and oxygen atoms in total. The third kappa shape index (κ3) is 4.35. The first kappa shape index (κ1) is 16.5. The van der Waals surface area contributed by atoms with E-state index in [0.29, 0.717) is 13.1 Å². The van der Waals surface area contributed by atoms with E-state index in [1.54, 1.807) is 23.7 Å². The van der Waals surface area contributed by atoms with E-state index in [4.69, 9.17) is 0 Å². The number of piperidine rings is 1. The number of amides is 1. The summed E-state index contributed by atoms with van der Waals surface area (Å²) in [5.74, 6) is 0.562. The number of tetrazole rings is 1. The van der Waals surface area contributed by atoms with Crippen molar-refractivity contribution in [3.8, 4) is 0 Å². The molecule has 1 fully saturated rings. The lowest BCUT2D eigenvalue weighted by molar-refractivity contribution is -0.119. The van der Waals surface area contributed by atoms with Crippen molar-refractivity contribution >= 4 is 5.91 Å². The van der Waals surface area contributed by atoms with Crippen LogP contribution < -0.4 is 5.32 Å². The van der Waals surface area contributed by atoms with Gasteiger partial charge in [0.05, 0.1) is 13.1 Å². The number of nitrogens with one attached hydrogen (secondary N) is 1. The predicted octanol–water partition coefficient (Wildman–Crippen LogP) is 0.961. The minimum atomic E-state index is -0.252. The highest BCUT2D eigenvalue weighted by molar-refractivity contribution is 5.73. The lowest BCUT2D eigenvalue weighted by Crippen LogP contribution is -2.43. The zero-order chi connectivity index (χ0) is 16.9. The Hall–Kier alpha value is -2.35. The zero-order valence-corrected chi connectivity index (χ0v) is 13.7. The van der Waals surface area contributed by atoms with Crippen LogP contribution in [0, 0.1) is 5.82 Å². The molecule has 0 spiro atoms. The average molecular weight is 332 g/mol. The van der Waals surface area contributed by atoms with Gasteiger partial charge in [-0.2, -0.15) is 0 Å². The Balaban J connectivity index is 1.56. The van der Waals surface area contributed by atoms with E-state index in [2.05, 4.69) is 25.7 Å². The Labute approximate surface area is 139 Å². The van der Waals surface area contributed by atoms with Gasteiger partial charge in [0.25, 0.3) is 0 Å². The largest absolute Gasteiger partial charge is 0.354 e. The molecule has 0 atom stereocenters. The Kier molecular flexibility index (Phi) is 5.14. The summed E-state index contributed by atoms with van der Waals surface area (Å²) in [4.78, 5) is 13.4. The number of nitrogens with zero attached hydrogens (tertiary/aromatic N) is 5. The molecule has 2 aromatic rings. The van der Waals surface area contributed by atoms with Gasteiger partial charge in [-0.25, -0.2) is 9.07 Å². The summed E-state index contributed by atoms with van der Waals surface area (Å²) in [6, 6.07) is 6.60. The summed E-state index contributed by atoms with van der Waals surface area (Å²) in [5.41, 5.74) is 0.953. The number of carbonyl (C=O) groups excluding carboxylic acids is 1. The summed E-state index contributed by atoms with van der Waals surface area (Å²) in [6.45, 7) is 4.53. The number of hydrogen-bond donors (Lipinski definition) is 1. The van der Waals surface area contributed by atoms with E-state index in [-0.39, 0.29) is 17.8 Å². The van der Waals surface area contributed by atoms with Gasteiger partial charge >= 0.3 is 0 Å². The molecule has 1 N–H and O–H groups in total. The van der Waals surface area contributed by atoms with Crippen molar-refractivity contribution in [1.82, 2.24) is 30.4 Å². The van der Waals surface area contributed by atoms with Gasteiger partial charge in [-0.3, -0.25) is 9.69 Å². The Bertz CT molecular complexity index is 678. The highest BCUT2D eigenvalue weighted by atomic mass is 19.1. The van der Waals surface area contributed by atoms with Gasteiger partial charge < -0.3 is 5.32 Å². The van der Waals surface area contributed by atoms with Crippen molar-refractivity contribution in [3.05, 3.63) is 41.5 Å². The first-order chi connectivity index (χ1) is 11.6. The van der Waals surface area contributed by atoms with Crippen molar-refractivity contribution in [2.24, 2.45) is 0 Å². The van der Waals surface area contributed by atoms with Crippen molar-refractivity contribution < 1.29 is 9.18 Å². The van der Waals surface area contributed by atoms with Crippen molar-refractivity contribution in [1.29, 1.82) is 0 Å². The highest BCUT2D eigenvalue weighted by Crippen LogP contribution is 2.13. The van der Waals surface area contributed by atoms with Crippen LogP contribution in [0.5, 0.6) is 0 Å². The molecule has 1 aliphatic rings. The molecule has 0 unspecified atom stereocenters. The topological polar surface area (TPSA) is 75.9 Å². The molecule has 24 heavy (non-hydrogen) atoms. The van der Waals surface area contributed by atoms with E-state index in [1.807, 2.05) is 0 Å². The Morgan fingerprint density at radius 1 is 1.25 bits per heavy atom. The number of aromatic nitrogens is 4. The smallest absolute Gasteiger partial charge is 0.217 e. The molecule has 0 bridgehead atoms. The summed E-state index contributed by atoms with van der Waals surface area (Å²) in [6.07, 6.45) is 1.86. The number of rotatable bonds is 5. The first-order valence-electron chi connectivity index (χ1n) is 8.09. The van der Waals surface area contributed by atoms with Crippen LogP contribution in [-0.4, -0.2) is 50.1 Å². The molecule has 0 radical (unpaired) electrons. The summed E-state index contributed by atoms with van der Waals surface area (Å²) in [7, 11) is 0. The number of benzene rings is 1. The first-order valence-corrected chi connectivity index (χ1v) is 8.09. The van der Waals surface area contributed by atoms with Crippen LogP contribution in [0.3, 0.4) is 0 Å². The normalized spacial score (nSPS) is 16.2. The van der Waals surface area contributed by atoms with E-state index in [9.17, 15) is 9.18 Å². The summed E-state index contributed by atoms with van der Waals surface area (Å²) < 4.78 is 14.7. The fourth-order valence-corrected chi connectivity index (χ4v) is 2.94. The Morgan fingerprint density at radius 2 is 1.96 bits per heavy atom. The maximum absolute atomic E-state index is 13.0. The number of likely N-dealkylation sites (tertiary alicyclic amines) is 1. The average Bonchev–Trinajstić information content (AvgIpc) is 2.98. The van der Waals surface area contributed by atoms with Crippen LogP contribution in [0.15, 0.2) is 24.3 Å². The van der Waals surface area contributed by atoms with Crippen molar-refractivity contribution in [2.75, 3.05) is 13.1 Å². The van der Waals surface area contributed by atoms with Gasteiger partial charge in [0, 0.05) is 26.1 Å². The SMILES string of the molecule is CC(=O)NC1CCN(Cc2nnnn2Cc2ccc(F)cc2)CC1. The summed E-state index contributed by atoms with van der Waals surface area (Å²) >= 11 is 0. The lowest BCUT2D eigenvalue weighted by Gasteiger charge is -2.31. The van der Waals surface area contributed by atoms with Crippen molar-refractivity contribution in [2.45, 2.75) is 38.9 Å². The number of carbonyl (C=O) groups is 1. The fraction of sp³-hybridized carbons (Fsp3) is 0.500. The molecule has 8 heteroatoms. The third-order valence-electron chi connectivity index (χ3n) is 4.21. The molecule has 0 aliphatic carbocycles. The molecule has 1 aliphatic heterocycles. The van der Waals surface area contributed by atoms with Crippen LogP contribution in [0.4, 0.5) is 4.39 Å². The van der Waals surface area contributed by atoms with Gasteiger partial charge in [0.1, 0.15) is 5.82 Å². The maximum Gasteiger partial charge on any atom is 0.217 e. The molecule has 0 saturated carbocycles. The second-order valence-electron chi connectivity index (χ2n) is 6.13. The van der Waals surface area contributed by atoms with Gasteiger partial charge in [-0.15, -0.1) is 5.10 Å². The van der Waals surface area contributed by atoms with Crippen LogP contribution in [0.25, 0.3) is 0 Å². The van der Waals surface area contributed by atoms with Gasteiger partial charge in [-0.1, -0.05) is 12.1 Å². The number of halogens is 1. The number of hydrogen-bond acceptors (Lipinski definition) is 5. The van der Waals surface area contributed by atoms with Gasteiger partial charge in [0.15, 0.2) is 5.82 Å². The standard InChI is InChI=1S/C16H21FN6O/c1-12(24)18-15-6-8-22(9-7-15)11-16-19-20-21-23(16)10-13-2-4-14(17)5-3-13/h2-5,15H,6-11H2,1H3,(H,18,24). The quantitative estimate of drug-likeness (QED) is 0.883. The molecule has 1 saturated heterocycles. The van der Waals surface area contributed by atoms with Crippen LogP contribution in [0.1, 0.15) is 31.2 Å². The minimum Gasteiger partial charge on any atom is -0.354 e. The van der Waals surface area contributed by atoms with E-state index in [0.717, 1.165) is 37.3 Å². The van der Waals surface area contributed by atoms with Crippen molar-refractivity contribution in [3.63, 3.8) is 0 Å². The monoisotopic (exact) mass is 332 g/mol. The Morgan fingerprint density at radius 3 is 2.62 bits per heavy atom. The van der Waals surface area contributed by atoms with E-state index >= 15 is 0 Å². The fourth-order valence-electron chi connectivity index (χ4n) is 2.94. The molecule has 2 heterocycles. The third-order valence-corrected chi connectivity index (χ3v) is 4.21. The molecule has 1 amide bonds. The van der Waals surface area contributed by atoms with Crippen LogP contribution >= 0.6 is 0 Å². The molecule has 1 aromatic carbocycles. The molecule has 3 rings (SSSR count). The minimum absolute atomic E-state index is 0.0247. The second-order valence-corrected chi connectivity index (χ2v) is 6.13. The van der Waals surface area contributed by atoms with Crippen LogP contribution in [-0.2, 0) is 17.9 Å². The predicted molar refractivity (Wildman–Crippen MR) is 85.4 cm³/mol. The van der Waals surface area contributed by atoms with Gasteiger partial charge in [-0.05, 0) is 41.0 Å². The molecular weight excluding hydrogens is 311 g/mol. The molecule has 1 aromatic heterocycles. The summed E-state index contributed by atoms with van der Waals surface area (Å²) in [5, 5.41) is 14.9. The van der Waals surface area contributed by atoms with Crippen LogP contribution in [0.2, 0.25) is 0 Å².